The van der Waals surface area contributed by atoms with E-state index in [2.05, 4.69) is 16.0 Å². The molecule has 0 saturated heterocycles. The van der Waals surface area contributed by atoms with Crippen LogP contribution in [0, 0.1) is 0 Å². The summed E-state index contributed by atoms with van der Waals surface area (Å²) in [5, 5.41) is 11.0. The topological polar surface area (TPSA) is 70.2 Å². The molecule has 0 aliphatic heterocycles. The summed E-state index contributed by atoms with van der Waals surface area (Å²) in [6.45, 7) is 5.79. The van der Waals surface area contributed by atoms with Crippen molar-refractivity contribution in [3.8, 4) is 0 Å². The first kappa shape index (κ1) is 21.5. The first-order valence-corrected chi connectivity index (χ1v) is 10.1. The van der Waals surface area contributed by atoms with Gasteiger partial charge in [0.1, 0.15) is 0 Å². The minimum absolute atomic E-state index is 0.139. The van der Waals surface area contributed by atoms with Gasteiger partial charge in [-0.15, -0.1) is 0 Å². The van der Waals surface area contributed by atoms with E-state index in [0.717, 1.165) is 16.3 Å². The lowest BCUT2D eigenvalue weighted by Gasteiger charge is -2.20. The molecule has 0 heterocycles. The molecular formula is C24H25N3O2S. The summed E-state index contributed by atoms with van der Waals surface area (Å²) >= 11 is 5.26. The van der Waals surface area contributed by atoms with Crippen molar-refractivity contribution in [2.45, 2.75) is 32.7 Å². The monoisotopic (exact) mass is 419 g/mol. The van der Waals surface area contributed by atoms with Crippen molar-refractivity contribution in [1.82, 2.24) is 10.6 Å². The Balaban J connectivity index is 1.57. The molecule has 154 valence electrons. The van der Waals surface area contributed by atoms with Crippen LogP contribution >= 0.6 is 12.2 Å². The number of thiocarbonyl (C=S) groups is 1. The van der Waals surface area contributed by atoms with Gasteiger partial charge in [-0.1, -0.05) is 42.5 Å². The quantitative estimate of drug-likeness (QED) is 0.548. The molecule has 0 aliphatic carbocycles. The van der Waals surface area contributed by atoms with Crippen molar-refractivity contribution in [2.75, 3.05) is 5.32 Å². The molecule has 0 bridgehead atoms. The fourth-order valence-electron chi connectivity index (χ4n) is 3.07. The Morgan fingerprint density at radius 1 is 0.900 bits per heavy atom. The molecule has 6 heteroatoms. The van der Waals surface area contributed by atoms with Gasteiger partial charge in [-0.2, -0.15) is 0 Å². The minimum atomic E-state index is -0.302. The second kappa shape index (κ2) is 9.05. The highest BCUT2D eigenvalue weighted by Gasteiger charge is 2.15. The minimum Gasteiger partial charge on any atom is -0.347 e. The van der Waals surface area contributed by atoms with Gasteiger partial charge in [-0.05, 0) is 73.6 Å². The lowest BCUT2D eigenvalue weighted by Crippen LogP contribution is -2.40. The van der Waals surface area contributed by atoms with E-state index < -0.39 is 0 Å². The van der Waals surface area contributed by atoms with Crippen LogP contribution in [0.25, 0.3) is 10.8 Å². The van der Waals surface area contributed by atoms with Crippen LogP contribution in [0.1, 0.15) is 36.7 Å². The molecule has 0 radical (unpaired) electrons. The van der Waals surface area contributed by atoms with Crippen LogP contribution < -0.4 is 16.0 Å². The molecule has 0 aromatic heterocycles. The van der Waals surface area contributed by atoms with E-state index in [0.29, 0.717) is 11.3 Å². The molecule has 0 atom stereocenters. The molecule has 0 fully saturated rings. The first-order chi connectivity index (χ1) is 14.2. The average Bonchev–Trinajstić information content (AvgIpc) is 2.67. The van der Waals surface area contributed by atoms with Crippen molar-refractivity contribution < 1.29 is 9.59 Å². The van der Waals surface area contributed by atoms with Crippen molar-refractivity contribution in [3.63, 3.8) is 0 Å². The van der Waals surface area contributed by atoms with Crippen LogP contribution in [0.3, 0.4) is 0 Å². The zero-order chi connectivity index (χ0) is 21.7. The van der Waals surface area contributed by atoms with E-state index in [1.54, 1.807) is 24.3 Å². The molecule has 0 spiro atoms. The summed E-state index contributed by atoms with van der Waals surface area (Å²) in [5.74, 6) is -0.329. The van der Waals surface area contributed by atoms with Crippen LogP contribution in [0.2, 0.25) is 0 Å². The Bertz CT molecular complexity index is 1080. The lowest BCUT2D eigenvalue weighted by atomic mass is 10.0. The average molecular weight is 420 g/mol. The number of hydrogen-bond donors (Lipinski definition) is 3. The summed E-state index contributed by atoms with van der Waals surface area (Å²) in [6, 6.07) is 20.8. The first-order valence-electron chi connectivity index (χ1n) is 9.71. The molecule has 3 rings (SSSR count). The summed E-state index contributed by atoms with van der Waals surface area (Å²) in [4.78, 5) is 24.6. The van der Waals surface area contributed by atoms with Gasteiger partial charge >= 0.3 is 0 Å². The van der Waals surface area contributed by atoms with Crippen LogP contribution in [0.5, 0.6) is 0 Å². The zero-order valence-electron chi connectivity index (χ0n) is 17.3. The maximum absolute atomic E-state index is 12.4. The molecule has 0 saturated carbocycles. The second-order valence-electron chi connectivity index (χ2n) is 8.10. The number of carbonyl (C=O) groups excluding carboxylic acids is 2. The van der Waals surface area contributed by atoms with Gasteiger partial charge in [0.15, 0.2) is 5.11 Å². The Morgan fingerprint density at radius 2 is 1.57 bits per heavy atom. The number of fused-ring (bicyclic) bond motifs is 1. The van der Waals surface area contributed by atoms with Crippen LogP contribution in [0.4, 0.5) is 5.69 Å². The number of amides is 2. The standard InChI is InChI=1S/C24H25N3O2S/c1-24(2,3)27-22(29)17-11-13-19(14-12-17)25-23(30)26-21(28)15-18-9-6-8-16-7-4-5-10-20(16)18/h4-14H,15H2,1-3H3,(H,27,29)(H2,25,26,28,30). The number of hydrogen-bond acceptors (Lipinski definition) is 3. The van der Waals surface area contributed by atoms with Crippen molar-refractivity contribution in [1.29, 1.82) is 0 Å². The Morgan fingerprint density at radius 3 is 2.27 bits per heavy atom. The molecule has 3 N–H and O–H groups in total. The van der Waals surface area contributed by atoms with E-state index in [1.165, 1.54) is 0 Å². The molecule has 30 heavy (non-hydrogen) atoms. The van der Waals surface area contributed by atoms with Crippen molar-refractivity contribution in [2.24, 2.45) is 0 Å². The SMILES string of the molecule is CC(C)(C)NC(=O)c1ccc(NC(=S)NC(=O)Cc2cccc3ccccc23)cc1. The van der Waals surface area contributed by atoms with Gasteiger partial charge in [0.05, 0.1) is 6.42 Å². The van der Waals surface area contributed by atoms with Gasteiger partial charge in [0.2, 0.25) is 5.91 Å². The number of rotatable bonds is 4. The van der Waals surface area contributed by atoms with Gasteiger partial charge in [-0.25, -0.2) is 0 Å². The van der Waals surface area contributed by atoms with Crippen LogP contribution in [-0.4, -0.2) is 22.5 Å². The molecular weight excluding hydrogens is 394 g/mol. The molecule has 0 unspecified atom stereocenters. The van der Waals surface area contributed by atoms with Gasteiger partial charge in [-0.3, -0.25) is 9.59 Å². The second-order valence-corrected chi connectivity index (χ2v) is 8.51. The highest BCUT2D eigenvalue weighted by atomic mass is 32.1. The Labute approximate surface area is 181 Å². The molecule has 3 aromatic carbocycles. The largest absolute Gasteiger partial charge is 0.347 e. The van der Waals surface area contributed by atoms with Crippen molar-refractivity contribution in [3.05, 3.63) is 77.9 Å². The lowest BCUT2D eigenvalue weighted by molar-refractivity contribution is -0.119. The van der Waals surface area contributed by atoms with E-state index >= 15 is 0 Å². The van der Waals surface area contributed by atoms with E-state index in [9.17, 15) is 9.59 Å². The third-order valence-electron chi connectivity index (χ3n) is 4.38. The number of anilines is 1. The maximum atomic E-state index is 12.4. The summed E-state index contributed by atoms with van der Waals surface area (Å²) in [7, 11) is 0. The summed E-state index contributed by atoms with van der Waals surface area (Å²) in [6.07, 6.45) is 0.231. The fourth-order valence-corrected chi connectivity index (χ4v) is 3.30. The molecule has 5 nitrogen and oxygen atoms in total. The van der Waals surface area contributed by atoms with Gasteiger partial charge in [0, 0.05) is 16.8 Å². The third kappa shape index (κ3) is 5.87. The van der Waals surface area contributed by atoms with Gasteiger partial charge < -0.3 is 16.0 Å². The summed E-state index contributed by atoms with van der Waals surface area (Å²) in [5.41, 5.74) is 1.89. The molecule has 0 aliphatic rings. The molecule has 3 aromatic rings. The fraction of sp³-hybridized carbons (Fsp3) is 0.208. The third-order valence-corrected chi connectivity index (χ3v) is 4.58. The van der Waals surface area contributed by atoms with Crippen molar-refractivity contribution >= 4 is 45.6 Å². The predicted octanol–water partition coefficient (Wildman–Crippen LogP) is 4.42. The highest BCUT2D eigenvalue weighted by Crippen LogP contribution is 2.19. The normalized spacial score (nSPS) is 11.0. The Hall–Kier alpha value is -3.25. The summed E-state index contributed by atoms with van der Waals surface area (Å²) < 4.78 is 0. The zero-order valence-corrected chi connectivity index (χ0v) is 18.1. The van der Waals surface area contributed by atoms with E-state index in [4.69, 9.17) is 12.2 Å². The predicted molar refractivity (Wildman–Crippen MR) is 126 cm³/mol. The van der Waals surface area contributed by atoms with E-state index in [-0.39, 0.29) is 28.9 Å². The highest BCUT2D eigenvalue weighted by molar-refractivity contribution is 7.80. The van der Waals surface area contributed by atoms with Crippen LogP contribution in [0.15, 0.2) is 66.7 Å². The number of carbonyl (C=O) groups is 2. The molecule has 2 amide bonds. The Kier molecular flexibility index (Phi) is 6.47. The number of nitrogens with one attached hydrogen (secondary N) is 3. The maximum Gasteiger partial charge on any atom is 0.251 e. The van der Waals surface area contributed by atoms with Crippen LogP contribution in [-0.2, 0) is 11.2 Å². The van der Waals surface area contributed by atoms with Gasteiger partial charge in [0.25, 0.3) is 5.91 Å². The number of benzene rings is 3. The van der Waals surface area contributed by atoms with E-state index in [1.807, 2.05) is 63.2 Å². The smallest absolute Gasteiger partial charge is 0.251 e.